The van der Waals surface area contributed by atoms with Crippen LogP contribution in [0.25, 0.3) is 0 Å². The summed E-state index contributed by atoms with van der Waals surface area (Å²) in [6.45, 7) is 5.84. The Hall–Kier alpha value is -1.84. The lowest BCUT2D eigenvalue weighted by molar-refractivity contribution is -0.127. The number of imide groups is 1. The molecule has 4 heteroatoms. The first-order valence-electron chi connectivity index (χ1n) is 6.92. The van der Waals surface area contributed by atoms with Gasteiger partial charge in [-0.05, 0) is 38.7 Å². The van der Waals surface area contributed by atoms with E-state index >= 15 is 0 Å². The van der Waals surface area contributed by atoms with Gasteiger partial charge < -0.3 is 4.74 Å². The van der Waals surface area contributed by atoms with Crippen LogP contribution in [0.3, 0.4) is 0 Å². The molecule has 0 bridgehead atoms. The highest BCUT2D eigenvalue weighted by molar-refractivity contribution is 5.93. The quantitative estimate of drug-likeness (QED) is 0.833. The molecule has 20 heavy (non-hydrogen) atoms. The Balaban J connectivity index is 1.95. The largest absolute Gasteiger partial charge is 0.443 e. The second kappa shape index (κ2) is 5.65. The van der Waals surface area contributed by atoms with Crippen LogP contribution in [0.5, 0.6) is 0 Å². The first-order valence-corrected chi connectivity index (χ1v) is 6.92. The van der Waals surface area contributed by atoms with Gasteiger partial charge in [-0.1, -0.05) is 30.3 Å². The van der Waals surface area contributed by atoms with E-state index in [4.69, 9.17) is 4.74 Å². The predicted molar refractivity (Wildman–Crippen MR) is 76.2 cm³/mol. The maximum atomic E-state index is 12.0. The van der Waals surface area contributed by atoms with Crippen LogP contribution in [0, 0.1) is 5.92 Å². The third-order valence-electron chi connectivity index (χ3n) is 3.19. The monoisotopic (exact) mass is 275 g/mol. The summed E-state index contributed by atoms with van der Waals surface area (Å²) in [5.41, 5.74) is 0.617. The second-order valence-electron chi connectivity index (χ2n) is 6.24. The van der Waals surface area contributed by atoms with Gasteiger partial charge in [0.05, 0.1) is 0 Å². The Kier molecular flexibility index (Phi) is 4.12. The lowest BCUT2D eigenvalue weighted by Gasteiger charge is -2.23. The second-order valence-corrected chi connectivity index (χ2v) is 6.24. The van der Waals surface area contributed by atoms with Crippen LogP contribution in [-0.2, 0) is 16.0 Å². The molecule has 0 radical (unpaired) electrons. The normalized spacial score (nSPS) is 19.2. The van der Waals surface area contributed by atoms with E-state index in [9.17, 15) is 9.59 Å². The zero-order chi connectivity index (χ0) is 14.8. The molecule has 0 saturated carbocycles. The minimum Gasteiger partial charge on any atom is -0.443 e. The van der Waals surface area contributed by atoms with Crippen molar-refractivity contribution in [1.29, 1.82) is 0 Å². The molecule has 1 heterocycles. The summed E-state index contributed by atoms with van der Waals surface area (Å²) in [5.74, 6) is 0.0394. The van der Waals surface area contributed by atoms with Gasteiger partial charge in [0.15, 0.2) is 0 Å². The van der Waals surface area contributed by atoms with Gasteiger partial charge in [-0.25, -0.2) is 9.69 Å². The Labute approximate surface area is 119 Å². The van der Waals surface area contributed by atoms with Crippen LogP contribution in [0.2, 0.25) is 0 Å². The minimum absolute atomic E-state index is 0.139. The molecule has 4 nitrogen and oxygen atoms in total. The molecule has 2 amide bonds. The van der Waals surface area contributed by atoms with E-state index in [1.165, 1.54) is 10.5 Å². The minimum atomic E-state index is -0.575. The number of benzene rings is 1. The molecular weight excluding hydrogens is 254 g/mol. The zero-order valence-corrected chi connectivity index (χ0v) is 12.3. The molecule has 108 valence electrons. The van der Waals surface area contributed by atoms with Gasteiger partial charge in [-0.15, -0.1) is 0 Å². The third-order valence-corrected chi connectivity index (χ3v) is 3.19. The highest BCUT2D eigenvalue weighted by Gasteiger charge is 2.36. The molecule has 1 atom stereocenters. The maximum absolute atomic E-state index is 12.0. The van der Waals surface area contributed by atoms with Crippen LogP contribution in [0.15, 0.2) is 30.3 Å². The fourth-order valence-electron chi connectivity index (χ4n) is 2.36. The number of carbonyl (C=O) groups excluding carboxylic acids is 2. The van der Waals surface area contributed by atoms with E-state index < -0.39 is 11.7 Å². The van der Waals surface area contributed by atoms with E-state index in [0.717, 1.165) is 6.42 Å². The fourth-order valence-corrected chi connectivity index (χ4v) is 2.36. The SMILES string of the molecule is CC(C)(C)OC(=O)N1CC(Cc2ccccc2)CC1=O. The van der Waals surface area contributed by atoms with E-state index in [1.54, 1.807) is 20.8 Å². The average Bonchev–Trinajstić information content (AvgIpc) is 2.69. The van der Waals surface area contributed by atoms with Crippen LogP contribution >= 0.6 is 0 Å². The van der Waals surface area contributed by atoms with E-state index in [-0.39, 0.29) is 11.8 Å². The van der Waals surface area contributed by atoms with Gasteiger partial charge in [0.1, 0.15) is 5.60 Å². The third kappa shape index (κ3) is 3.83. The van der Waals surface area contributed by atoms with Gasteiger partial charge in [0.25, 0.3) is 0 Å². The van der Waals surface area contributed by atoms with Crippen molar-refractivity contribution in [3.63, 3.8) is 0 Å². The van der Waals surface area contributed by atoms with Crippen molar-refractivity contribution in [3.05, 3.63) is 35.9 Å². The molecule has 1 saturated heterocycles. The average molecular weight is 275 g/mol. The molecule has 1 aliphatic heterocycles. The number of ether oxygens (including phenoxy) is 1. The number of likely N-dealkylation sites (tertiary alicyclic amines) is 1. The van der Waals surface area contributed by atoms with Crippen molar-refractivity contribution in [2.24, 2.45) is 5.92 Å². The summed E-state index contributed by atoms with van der Waals surface area (Å²) in [7, 11) is 0. The summed E-state index contributed by atoms with van der Waals surface area (Å²) in [4.78, 5) is 25.1. The van der Waals surface area contributed by atoms with Crippen LogP contribution in [0.4, 0.5) is 4.79 Å². The number of carbonyl (C=O) groups is 2. The first-order chi connectivity index (χ1) is 9.35. The maximum Gasteiger partial charge on any atom is 0.417 e. The Morgan fingerprint density at radius 2 is 1.95 bits per heavy atom. The highest BCUT2D eigenvalue weighted by atomic mass is 16.6. The van der Waals surface area contributed by atoms with Gasteiger partial charge in [-0.2, -0.15) is 0 Å². The van der Waals surface area contributed by atoms with Crippen LogP contribution < -0.4 is 0 Å². The molecule has 0 spiro atoms. The molecule has 1 aromatic carbocycles. The number of hydrogen-bond acceptors (Lipinski definition) is 3. The fraction of sp³-hybridized carbons (Fsp3) is 0.500. The molecule has 1 aromatic rings. The number of amides is 2. The molecular formula is C16H21NO3. The Morgan fingerprint density at radius 3 is 2.55 bits per heavy atom. The molecule has 1 unspecified atom stereocenters. The van der Waals surface area contributed by atoms with E-state index in [1.807, 2.05) is 30.3 Å². The van der Waals surface area contributed by atoms with Crippen molar-refractivity contribution >= 4 is 12.0 Å². The topological polar surface area (TPSA) is 46.6 Å². The summed E-state index contributed by atoms with van der Waals surface area (Å²) >= 11 is 0. The van der Waals surface area contributed by atoms with E-state index in [2.05, 4.69) is 0 Å². The van der Waals surface area contributed by atoms with Gasteiger partial charge in [-0.3, -0.25) is 4.79 Å². The van der Waals surface area contributed by atoms with Crippen molar-refractivity contribution in [2.75, 3.05) is 6.54 Å². The summed E-state index contributed by atoms with van der Waals surface area (Å²) in [5, 5.41) is 0. The van der Waals surface area contributed by atoms with Gasteiger partial charge in [0.2, 0.25) is 5.91 Å². The van der Waals surface area contributed by atoms with Gasteiger partial charge in [0, 0.05) is 13.0 Å². The molecule has 0 aromatic heterocycles. The van der Waals surface area contributed by atoms with Crippen molar-refractivity contribution < 1.29 is 14.3 Å². The van der Waals surface area contributed by atoms with Crippen molar-refractivity contribution in [1.82, 2.24) is 4.90 Å². The lowest BCUT2D eigenvalue weighted by atomic mass is 9.99. The smallest absolute Gasteiger partial charge is 0.417 e. The summed E-state index contributed by atoms with van der Waals surface area (Å²) in [6, 6.07) is 10.0. The van der Waals surface area contributed by atoms with Crippen LogP contribution in [-0.4, -0.2) is 29.0 Å². The number of rotatable bonds is 2. The molecule has 1 fully saturated rings. The Morgan fingerprint density at radius 1 is 1.30 bits per heavy atom. The first kappa shape index (κ1) is 14.6. The number of nitrogens with zero attached hydrogens (tertiary/aromatic N) is 1. The standard InChI is InChI=1S/C16H21NO3/c1-16(2,3)20-15(19)17-11-13(10-14(17)18)9-12-7-5-4-6-8-12/h4-8,13H,9-11H2,1-3H3. The van der Waals surface area contributed by atoms with E-state index in [0.29, 0.717) is 13.0 Å². The number of hydrogen-bond donors (Lipinski definition) is 0. The van der Waals surface area contributed by atoms with Crippen LogP contribution in [0.1, 0.15) is 32.8 Å². The van der Waals surface area contributed by atoms with Gasteiger partial charge >= 0.3 is 6.09 Å². The molecule has 1 aliphatic rings. The van der Waals surface area contributed by atoms with Crippen molar-refractivity contribution in [3.8, 4) is 0 Å². The predicted octanol–water partition coefficient (Wildman–Crippen LogP) is 3.01. The summed E-state index contributed by atoms with van der Waals surface area (Å²) in [6.07, 6.45) is 0.693. The lowest BCUT2D eigenvalue weighted by Crippen LogP contribution is -2.37. The van der Waals surface area contributed by atoms with Crippen molar-refractivity contribution in [2.45, 2.75) is 39.2 Å². The molecule has 0 N–H and O–H groups in total. The summed E-state index contributed by atoms with van der Waals surface area (Å²) < 4.78 is 5.26. The Bertz CT molecular complexity index is 490. The molecule has 2 rings (SSSR count). The highest BCUT2D eigenvalue weighted by Crippen LogP contribution is 2.23. The molecule has 0 aliphatic carbocycles. The zero-order valence-electron chi connectivity index (χ0n) is 12.3.